The van der Waals surface area contributed by atoms with Crippen LogP contribution in [0.1, 0.15) is 23.4 Å². The Morgan fingerprint density at radius 1 is 1.62 bits per heavy atom. The van der Waals surface area contributed by atoms with Crippen LogP contribution in [-0.2, 0) is 0 Å². The van der Waals surface area contributed by atoms with Gasteiger partial charge in [0.05, 0.1) is 12.8 Å². The number of carbonyl (C=O) groups is 1. The molecule has 5 heteroatoms. The quantitative estimate of drug-likeness (QED) is 0.783. The van der Waals surface area contributed by atoms with Crippen LogP contribution in [0, 0.1) is 0 Å². The number of ketones is 1. The van der Waals surface area contributed by atoms with E-state index in [1.165, 1.54) is 12.7 Å². The number of carbonyl (C=O) groups excluding carboxylic acids is 1. The fourth-order valence-electron chi connectivity index (χ4n) is 1.79. The largest absolute Gasteiger partial charge is 0.461 e. The maximum absolute atomic E-state index is 11.6. The second kappa shape index (κ2) is 6.68. The Morgan fingerprint density at radius 2 is 2.50 bits per heavy atom. The van der Waals surface area contributed by atoms with Crippen molar-refractivity contribution in [3.63, 3.8) is 0 Å². The monoisotopic (exact) mass is 244 g/mol. The minimum atomic E-state index is 0. The van der Waals surface area contributed by atoms with Crippen LogP contribution in [-0.4, -0.2) is 31.5 Å². The third-order valence-corrected chi connectivity index (χ3v) is 2.64. The normalized spacial score (nSPS) is 20.1. The highest BCUT2D eigenvalue weighted by Gasteiger charge is 2.15. The van der Waals surface area contributed by atoms with Crippen LogP contribution in [0.25, 0.3) is 0 Å². The van der Waals surface area contributed by atoms with Crippen molar-refractivity contribution < 1.29 is 9.21 Å². The molecule has 0 unspecified atom stereocenters. The Balaban J connectivity index is 0.00000128. The maximum atomic E-state index is 11.6. The highest BCUT2D eigenvalue weighted by molar-refractivity contribution is 5.94. The van der Waals surface area contributed by atoms with Gasteiger partial charge in [-0.2, -0.15) is 0 Å². The summed E-state index contributed by atoms with van der Waals surface area (Å²) in [6.45, 7) is 2.40. The van der Waals surface area contributed by atoms with Crippen molar-refractivity contribution in [1.29, 1.82) is 0 Å². The molecule has 0 amide bonds. The van der Waals surface area contributed by atoms with E-state index in [9.17, 15) is 4.79 Å². The predicted molar refractivity (Wildman–Crippen MR) is 64.2 cm³/mol. The standard InChI is InChI=1S/C11H16N2O2.ClH/c14-10(11-4-2-6-15-11)8-13-9-3-1-5-12-7-9;/h2,4,6,9,12-13H,1,3,5,7-8H2;1H/t9-;/m1./s1. The van der Waals surface area contributed by atoms with E-state index in [0.29, 0.717) is 18.3 Å². The van der Waals surface area contributed by atoms with Crippen molar-refractivity contribution >= 4 is 18.2 Å². The maximum Gasteiger partial charge on any atom is 0.211 e. The molecule has 0 radical (unpaired) electrons. The van der Waals surface area contributed by atoms with Crippen molar-refractivity contribution in [3.05, 3.63) is 24.2 Å². The minimum absolute atomic E-state index is 0. The van der Waals surface area contributed by atoms with E-state index in [1.54, 1.807) is 12.1 Å². The van der Waals surface area contributed by atoms with Gasteiger partial charge < -0.3 is 15.1 Å². The molecule has 0 saturated carbocycles. The predicted octanol–water partition coefficient (Wildman–Crippen LogP) is 1.23. The van der Waals surface area contributed by atoms with E-state index < -0.39 is 0 Å². The summed E-state index contributed by atoms with van der Waals surface area (Å²) in [6.07, 6.45) is 3.83. The first kappa shape index (κ1) is 13.2. The smallest absolute Gasteiger partial charge is 0.211 e. The first-order chi connectivity index (χ1) is 7.36. The molecule has 16 heavy (non-hydrogen) atoms. The summed E-state index contributed by atoms with van der Waals surface area (Å²) in [5, 5.41) is 6.53. The lowest BCUT2D eigenvalue weighted by Gasteiger charge is -2.23. The van der Waals surface area contributed by atoms with Gasteiger partial charge in [-0.15, -0.1) is 12.4 Å². The number of furan rings is 1. The van der Waals surface area contributed by atoms with Crippen LogP contribution >= 0.6 is 12.4 Å². The van der Waals surface area contributed by atoms with Gasteiger partial charge >= 0.3 is 0 Å². The van der Waals surface area contributed by atoms with Crippen molar-refractivity contribution in [2.24, 2.45) is 0 Å². The van der Waals surface area contributed by atoms with Crippen LogP contribution in [0.2, 0.25) is 0 Å². The summed E-state index contributed by atoms with van der Waals surface area (Å²) >= 11 is 0. The Bertz CT molecular complexity index is 308. The molecule has 0 bridgehead atoms. The average Bonchev–Trinajstić information content (AvgIpc) is 2.81. The Hall–Kier alpha value is -0.840. The molecule has 2 heterocycles. The summed E-state index contributed by atoms with van der Waals surface area (Å²) in [6, 6.07) is 3.84. The molecule has 1 fully saturated rings. The number of hydrogen-bond donors (Lipinski definition) is 2. The molecular weight excluding hydrogens is 228 g/mol. The number of rotatable bonds is 4. The molecule has 4 nitrogen and oxygen atoms in total. The second-order valence-corrected chi connectivity index (χ2v) is 3.82. The summed E-state index contributed by atoms with van der Waals surface area (Å²) in [4.78, 5) is 11.6. The molecular formula is C11H17ClN2O2. The van der Waals surface area contributed by atoms with E-state index in [-0.39, 0.29) is 18.2 Å². The molecule has 1 saturated heterocycles. The van der Waals surface area contributed by atoms with Gasteiger partial charge in [-0.25, -0.2) is 0 Å². The van der Waals surface area contributed by atoms with E-state index in [0.717, 1.165) is 19.5 Å². The Labute approximate surface area is 101 Å². The summed E-state index contributed by atoms with van der Waals surface area (Å²) in [5.74, 6) is 0.455. The number of piperidine rings is 1. The van der Waals surface area contributed by atoms with E-state index in [4.69, 9.17) is 4.42 Å². The molecule has 90 valence electrons. The number of hydrogen-bond acceptors (Lipinski definition) is 4. The van der Waals surface area contributed by atoms with E-state index in [1.807, 2.05) is 0 Å². The number of Topliss-reactive ketones (excluding diaryl/α,β-unsaturated/α-hetero) is 1. The molecule has 0 aliphatic carbocycles. The third kappa shape index (κ3) is 3.63. The molecule has 1 atom stereocenters. The lowest BCUT2D eigenvalue weighted by Crippen LogP contribution is -2.44. The zero-order valence-corrected chi connectivity index (χ0v) is 9.89. The van der Waals surface area contributed by atoms with Crippen molar-refractivity contribution in [2.75, 3.05) is 19.6 Å². The van der Waals surface area contributed by atoms with Crippen molar-refractivity contribution in [1.82, 2.24) is 10.6 Å². The van der Waals surface area contributed by atoms with E-state index in [2.05, 4.69) is 10.6 Å². The zero-order chi connectivity index (χ0) is 10.5. The average molecular weight is 245 g/mol. The van der Waals surface area contributed by atoms with Crippen LogP contribution < -0.4 is 10.6 Å². The first-order valence-corrected chi connectivity index (χ1v) is 5.37. The fourth-order valence-corrected chi connectivity index (χ4v) is 1.79. The summed E-state index contributed by atoms with van der Waals surface area (Å²) in [7, 11) is 0. The van der Waals surface area contributed by atoms with Gasteiger partial charge in [-0.3, -0.25) is 4.79 Å². The van der Waals surface area contributed by atoms with Crippen molar-refractivity contribution in [3.8, 4) is 0 Å². The Morgan fingerprint density at radius 3 is 3.12 bits per heavy atom. The molecule has 0 spiro atoms. The lowest BCUT2D eigenvalue weighted by molar-refractivity contribution is 0.0959. The van der Waals surface area contributed by atoms with Crippen molar-refractivity contribution in [2.45, 2.75) is 18.9 Å². The number of nitrogens with one attached hydrogen (secondary N) is 2. The van der Waals surface area contributed by atoms with Gasteiger partial charge in [0, 0.05) is 12.6 Å². The van der Waals surface area contributed by atoms with Crippen LogP contribution in [0.5, 0.6) is 0 Å². The van der Waals surface area contributed by atoms with Gasteiger partial charge in [0.25, 0.3) is 0 Å². The van der Waals surface area contributed by atoms with Crippen LogP contribution in [0.15, 0.2) is 22.8 Å². The minimum Gasteiger partial charge on any atom is -0.461 e. The van der Waals surface area contributed by atoms with Gasteiger partial charge in [0.2, 0.25) is 5.78 Å². The molecule has 1 aliphatic rings. The van der Waals surface area contributed by atoms with Gasteiger partial charge in [0.15, 0.2) is 5.76 Å². The second-order valence-electron chi connectivity index (χ2n) is 3.82. The molecule has 2 N–H and O–H groups in total. The molecule has 2 rings (SSSR count). The lowest BCUT2D eigenvalue weighted by atomic mass is 10.1. The SMILES string of the molecule is Cl.O=C(CN[C@@H]1CCCNC1)c1ccco1. The number of halogens is 1. The molecule has 1 aromatic heterocycles. The topological polar surface area (TPSA) is 54.3 Å². The molecule has 1 aliphatic heterocycles. The summed E-state index contributed by atoms with van der Waals surface area (Å²) in [5.41, 5.74) is 0. The molecule has 0 aromatic carbocycles. The van der Waals surface area contributed by atoms with E-state index >= 15 is 0 Å². The first-order valence-electron chi connectivity index (χ1n) is 5.37. The summed E-state index contributed by atoms with van der Waals surface area (Å²) < 4.78 is 5.03. The zero-order valence-electron chi connectivity index (χ0n) is 9.07. The highest BCUT2D eigenvalue weighted by Crippen LogP contribution is 2.03. The molecule has 1 aromatic rings. The highest BCUT2D eigenvalue weighted by atomic mass is 35.5. The Kier molecular flexibility index (Phi) is 5.52. The van der Waals surface area contributed by atoms with Gasteiger partial charge in [0.1, 0.15) is 0 Å². The van der Waals surface area contributed by atoms with Gasteiger partial charge in [-0.05, 0) is 31.5 Å². The van der Waals surface area contributed by atoms with Gasteiger partial charge in [-0.1, -0.05) is 0 Å². The third-order valence-electron chi connectivity index (χ3n) is 2.64. The van der Waals surface area contributed by atoms with Crippen LogP contribution in [0.3, 0.4) is 0 Å². The van der Waals surface area contributed by atoms with Crippen LogP contribution in [0.4, 0.5) is 0 Å². The fraction of sp³-hybridized carbons (Fsp3) is 0.545.